The molecule has 2 fully saturated rings. The molecule has 28 heavy (non-hydrogen) atoms. The van der Waals surface area contributed by atoms with E-state index in [2.05, 4.69) is 14.9 Å². The summed E-state index contributed by atoms with van der Waals surface area (Å²) < 4.78 is 5.78. The maximum Gasteiger partial charge on any atom is 0.258 e. The molecule has 150 valence electrons. The molecule has 0 radical (unpaired) electrons. The number of benzene rings is 1. The van der Waals surface area contributed by atoms with E-state index in [1.165, 1.54) is 6.42 Å². The molecule has 1 atom stereocenters. The Kier molecular flexibility index (Phi) is 6.02. The molecule has 0 spiro atoms. The molecule has 2 aromatic rings. The van der Waals surface area contributed by atoms with Gasteiger partial charge in [-0.25, -0.2) is 4.98 Å². The Morgan fingerprint density at radius 3 is 2.82 bits per heavy atom. The SMILES string of the molecule is O=C(CN(Cc1nc2ccccc2c(=O)[nH]1)C[C@@H]1CCCO1)N1CCCCC1. The van der Waals surface area contributed by atoms with Gasteiger partial charge in [0.15, 0.2) is 0 Å². The molecule has 0 bridgehead atoms. The molecule has 4 rings (SSSR count). The average Bonchev–Trinajstić information content (AvgIpc) is 3.21. The van der Waals surface area contributed by atoms with E-state index >= 15 is 0 Å². The number of likely N-dealkylation sites (tertiary alicyclic amines) is 1. The van der Waals surface area contributed by atoms with E-state index in [4.69, 9.17) is 4.74 Å². The molecule has 2 saturated heterocycles. The van der Waals surface area contributed by atoms with Crippen LogP contribution in [-0.2, 0) is 16.1 Å². The van der Waals surface area contributed by atoms with E-state index in [0.29, 0.717) is 36.4 Å². The molecule has 2 aliphatic heterocycles. The zero-order chi connectivity index (χ0) is 19.3. The van der Waals surface area contributed by atoms with Crippen molar-refractivity contribution in [3.05, 3.63) is 40.4 Å². The normalized spacial score (nSPS) is 20.2. The minimum atomic E-state index is -0.139. The molecule has 1 aromatic carbocycles. The summed E-state index contributed by atoms with van der Waals surface area (Å²) in [6, 6.07) is 7.33. The lowest BCUT2D eigenvalue weighted by molar-refractivity contribution is -0.133. The van der Waals surface area contributed by atoms with Crippen LogP contribution < -0.4 is 5.56 Å². The number of carbonyl (C=O) groups excluding carboxylic acids is 1. The first kappa shape index (κ1) is 19.1. The molecule has 7 nitrogen and oxygen atoms in total. The summed E-state index contributed by atoms with van der Waals surface area (Å²) in [5.74, 6) is 0.744. The van der Waals surface area contributed by atoms with Crippen LogP contribution in [0.3, 0.4) is 0 Å². The van der Waals surface area contributed by atoms with Crippen LogP contribution in [0, 0.1) is 0 Å². The predicted molar refractivity (Wildman–Crippen MR) is 107 cm³/mol. The smallest absolute Gasteiger partial charge is 0.258 e. The number of H-pyrrole nitrogens is 1. The number of aromatic amines is 1. The van der Waals surface area contributed by atoms with Gasteiger partial charge < -0.3 is 14.6 Å². The summed E-state index contributed by atoms with van der Waals surface area (Å²) in [5, 5.41) is 0.585. The fourth-order valence-electron chi connectivity index (χ4n) is 4.12. The minimum absolute atomic E-state index is 0.139. The maximum atomic E-state index is 12.8. The third-order valence-corrected chi connectivity index (χ3v) is 5.59. The third kappa shape index (κ3) is 4.59. The van der Waals surface area contributed by atoms with Crippen LogP contribution in [0.5, 0.6) is 0 Å². The van der Waals surface area contributed by atoms with Crippen molar-refractivity contribution in [3.63, 3.8) is 0 Å². The Labute approximate surface area is 164 Å². The number of nitrogens with one attached hydrogen (secondary N) is 1. The number of hydrogen-bond acceptors (Lipinski definition) is 5. The van der Waals surface area contributed by atoms with Crippen molar-refractivity contribution >= 4 is 16.8 Å². The average molecular weight is 384 g/mol. The van der Waals surface area contributed by atoms with Gasteiger partial charge in [0.2, 0.25) is 5.91 Å². The number of amides is 1. The molecule has 0 aliphatic carbocycles. The number of para-hydroxylation sites is 1. The van der Waals surface area contributed by atoms with Crippen molar-refractivity contribution in [2.75, 3.05) is 32.8 Å². The van der Waals surface area contributed by atoms with Crippen LogP contribution in [0.4, 0.5) is 0 Å². The Morgan fingerprint density at radius 1 is 1.21 bits per heavy atom. The second-order valence-corrected chi connectivity index (χ2v) is 7.78. The van der Waals surface area contributed by atoms with Crippen LogP contribution in [0.25, 0.3) is 10.9 Å². The zero-order valence-electron chi connectivity index (χ0n) is 16.2. The van der Waals surface area contributed by atoms with E-state index in [-0.39, 0.29) is 17.6 Å². The van der Waals surface area contributed by atoms with Crippen molar-refractivity contribution in [1.82, 2.24) is 19.8 Å². The van der Waals surface area contributed by atoms with Crippen molar-refractivity contribution in [2.45, 2.75) is 44.8 Å². The number of ether oxygens (including phenoxy) is 1. The van der Waals surface area contributed by atoms with Crippen LogP contribution in [-0.4, -0.2) is 64.6 Å². The molecule has 1 N–H and O–H groups in total. The van der Waals surface area contributed by atoms with Crippen molar-refractivity contribution in [1.29, 1.82) is 0 Å². The van der Waals surface area contributed by atoms with E-state index in [0.717, 1.165) is 45.4 Å². The van der Waals surface area contributed by atoms with Gasteiger partial charge in [-0.05, 0) is 44.2 Å². The summed E-state index contributed by atoms with van der Waals surface area (Å²) in [6.45, 7) is 3.91. The fourth-order valence-corrected chi connectivity index (χ4v) is 4.12. The highest BCUT2D eigenvalue weighted by Crippen LogP contribution is 2.16. The predicted octanol–water partition coefficient (Wildman–Crippen LogP) is 1.92. The monoisotopic (exact) mass is 384 g/mol. The molecule has 1 aromatic heterocycles. The van der Waals surface area contributed by atoms with Gasteiger partial charge in [0, 0.05) is 26.2 Å². The first-order chi connectivity index (χ1) is 13.7. The van der Waals surface area contributed by atoms with E-state index in [1.54, 1.807) is 6.07 Å². The summed E-state index contributed by atoms with van der Waals surface area (Å²) in [4.78, 5) is 36.7. The highest BCUT2D eigenvalue weighted by Gasteiger charge is 2.24. The number of fused-ring (bicyclic) bond motifs is 1. The molecule has 7 heteroatoms. The molecule has 2 aliphatic rings. The van der Waals surface area contributed by atoms with Crippen LogP contribution >= 0.6 is 0 Å². The Balaban J connectivity index is 1.51. The molecule has 1 amide bonds. The third-order valence-electron chi connectivity index (χ3n) is 5.59. The lowest BCUT2D eigenvalue weighted by atomic mass is 10.1. The van der Waals surface area contributed by atoms with Gasteiger partial charge in [-0.3, -0.25) is 14.5 Å². The standard InChI is InChI=1S/C21H28N4O3/c26-20(25-10-4-1-5-11-25)15-24(13-16-7-6-12-28-16)14-19-22-18-9-3-2-8-17(18)21(27)23-19/h2-3,8-9,16H,1,4-7,10-15H2,(H,22,23,27)/t16-/m0/s1. The first-order valence-electron chi connectivity index (χ1n) is 10.3. The number of carbonyl (C=O) groups is 1. The van der Waals surface area contributed by atoms with Crippen LogP contribution in [0.15, 0.2) is 29.1 Å². The lowest BCUT2D eigenvalue weighted by Crippen LogP contribution is -2.44. The molecular weight excluding hydrogens is 356 g/mol. The van der Waals surface area contributed by atoms with Crippen LogP contribution in [0.1, 0.15) is 37.9 Å². The highest BCUT2D eigenvalue weighted by molar-refractivity contribution is 5.78. The van der Waals surface area contributed by atoms with Crippen molar-refractivity contribution < 1.29 is 9.53 Å². The Hall–Kier alpha value is -2.25. The summed E-state index contributed by atoms with van der Waals surface area (Å²) in [7, 11) is 0. The quantitative estimate of drug-likeness (QED) is 0.823. The highest BCUT2D eigenvalue weighted by atomic mass is 16.5. The Morgan fingerprint density at radius 2 is 2.04 bits per heavy atom. The lowest BCUT2D eigenvalue weighted by Gasteiger charge is -2.30. The van der Waals surface area contributed by atoms with E-state index in [1.807, 2.05) is 23.1 Å². The second-order valence-electron chi connectivity index (χ2n) is 7.78. The fraction of sp³-hybridized carbons (Fsp3) is 0.571. The van der Waals surface area contributed by atoms with Crippen molar-refractivity contribution in [3.8, 4) is 0 Å². The van der Waals surface area contributed by atoms with E-state index in [9.17, 15) is 9.59 Å². The maximum absolute atomic E-state index is 12.8. The number of nitrogens with zero attached hydrogens (tertiary/aromatic N) is 3. The summed E-state index contributed by atoms with van der Waals surface area (Å²) >= 11 is 0. The van der Waals surface area contributed by atoms with Gasteiger partial charge >= 0.3 is 0 Å². The van der Waals surface area contributed by atoms with Gasteiger partial charge in [-0.2, -0.15) is 0 Å². The molecule has 3 heterocycles. The number of rotatable bonds is 6. The van der Waals surface area contributed by atoms with Gasteiger partial charge in [0.25, 0.3) is 5.56 Å². The Bertz CT molecular complexity index is 869. The van der Waals surface area contributed by atoms with Gasteiger partial charge in [0.1, 0.15) is 5.82 Å². The second kappa shape index (κ2) is 8.84. The molecular formula is C21H28N4O3. The number of piperidine rings is 1. The summed E-state index contributed by atoms with van der Waals surface area (Å²) in [5.41, 5.74) is 0.542. The molecule has 0 saturated carbocycles. The number of aromatic nitrogens is 2. The van der Waals surface area contributed by atoms with Gasteiger partial charge in [-0.15, -0.1) is 0 Å². The molecule has 0 unspecified atom stereocenters. The van der Waals surface area contributed by atoms with Crippen molar-refractivity contribution in [2.24, 2.45) is 0 Å². The number of hydrogen-bond donors (Lipinski definition) is 1. The zero-order valence-corrected chi connectivity index (χ0v) is 16.2. The topological polar surface area (TPSA) is 78.5 Å². The largest absolute Gasteiger partial charge is 0.377 e. The van der Waals surface area contributed by atoms with Gasteiger partial charge in [0.05, 0.1) is 30.1 Å². The van der Waals surface area contributed by atoms with Gasteiger partial charge in [-0.1, -0.05) is 12.1 Å². The first-order valence-corrected chi connectivity index (χ1v) is 10.3. The minimum Gasteiger partial charge on any atom is -0.377 e. The van der Waals surface area contributed by atoms with E-state index < -0.39 is 0 Å². The summed E-state index contributed by atoms with van der Waals surface area (Å²) in [6.07, 6.45) is 5.57. The van der Waals surface area contributed by atoms with Crippen LogP contribution in [0.2, 0.25) is 0 Å².